The van der Waals surface area contributed by atoms with Gasteiger partial charge >= 0.3 is 0 Å². The summed E-state index contributed by atoms with van der Waals surface area (Å²) in [5.74, 6) is 2.69. The average Bonchev–Trinajstić information content (AvgIpc) is 2.28. The molecule has 0 aromatic heterocycles. The molecular weight excluding hydrogens is 262 g/mol. The van der Waals surface area contributed by atoms with Gasteiger partial charge in [0.1, 0.15) is 5.75 Å². The Morgan fingerprint density at radius 1 is 1.53 bits per heavy atom. The minimum atomic E-state index is -3.65. The van der Waals surface area contributed by atoms with E-state index in [0.717, 1.165) is 0 Å². The molecule has 0 aliphatic heterocycles. The Hall–Kier alpha value is -1.22. The summed E-state index contributed by atoms with van der Waals surface area (Å²) >= 11 is 5.85. The fourth-order valence-corrected chi connectivity index (χ4v) is 2.66. The van der Waals surface area contributed by atoms with Crippen molar-refractivity contribution in [1.82, 2.24) is 4.72 Å². The fraction of sp³-hybridized carbons (Fsp3) is 0.273. The lowest BCUT2D eigenvalue weighted by atomic mass is 10.3. The van der Waals surface area contributed by atoms with E-state index in [9.17, 15) is 8.42 Å². The molecule has 0 aliphatic carbocycles. The molecule has 0 bridgehead atoms. The highest BCUT2D eigenvalue weighted by Crippen LogP contribution is 2.26. The van der Waals surface area contributed by atoms with Gasteiger partial charge in [0.25, 0.3) is 0 Å². The fourth-order valence-electron chi connectivity index (χ4n) is 1.15. The number of sulfonamides is 1. The van der Waals surface area contributed by atoms with Crippen LogP contribution in [-0.2, 0) is 10.0 Å². The van der Waals surface area contributed by atoms with E-state index in [-0.39, 0.29) is 9.92 Å². The lowest BCUT2D eigenvalue weighted by Crippen LogP contribution is -2.31. The molecule has 0 saturated carbocycles. The molecule has 1 unspecified atom stereocenters. The zero-order valence-electron chi connectivity index (χ0n) is 9.40. The molecule has 1 aromatic carbocycles. The number of halogens is 1. The minimum absolute atomic E-state index is 0.0467. The van der Waals surface area contributed by atoms with Crippen LogP contribution in [0.25, 0.3) is 0 Å². The van der Waals surface area contributed by atoms with Crippen LogP contribution in [-0.4, -0.2) is 21.6 Å². The van der Waals surface area contributed by atoms with Crippen molar-refractivity contribution in [2.45, 2.75) is 17.9 Å². The standard InChI is InChI=1S/C11H12ClNO3S/c1-4-8(2)13-17(14,15)9-5-6-11(16-3)10(12)7-9/h1,5-8,13H,2-3H3. The van der Waals surface area contributed by atoms with E-state index in [1.54, 1.807) is 6.92 Å². The van der Waals surface area contributed by atoms with E-state index in [2.05, 4.69) is 10.6 Å². The monoisotopic (exact) mass is 273 g/mol. The third-order valence-corrected chi connectivity index (χ3v) is 3.85. The number of nitrogens with one attached hydrogen (secondary N) is 1. The number of hydrogen-bond acceptors (Lipinski definition) is 3. The molecule has 0 amide bonds. The summed E-state index contributed by atoms with van der Waals surface area (Å²) in [4.78, 5) is 0.0467. The molecule has 0 radical (unpaired) electrons. The molecule has 0 heterocycles. The quantitative estimate of drug-likeness (QED) is 0.849. The summed E-state index contributed by atoms with van der Waals surface area (Å²) < 4.78 is 31.0. The van der Waals surface area contributed by atoms with E-state index < -0.39 is 16.1 Å². The normalized spacial score (nSPS) is 12.8. The first-order valence-electron chi connectivity index (χ1n) is 4.72. The Balaban J connectivity index is 3.09. The van der Waals surface area contributed by atoms with Crippen LogP contribution in [0.4, 0.5) is 0 Å². The number of rotatable bonds is 4. The van der Waals surface area contributed by atoms with Crippen LogP contribution in [0.15, 0.2) is 23.1 Å². The smallest absolute Gasteiger partial charge is 0.241 e. The van der Waals surface area contributed by atoms with Crippen molar-refractivity contribution in [3.05, 3.63) is 23.2 Å². The molecule has 1 N–H and O–H groups in total. The van der Waals surface area contributed by atoms with Crippen molar-refractivity contribution in [3.63, 3.8) is 0 Å². The highest BCUT2D eigenvalue weighted by Gasteiger charge is 2.17. The summed E-state index contributed by atoms with van der Waals surface area (Å²) in [6, 6.07) is 3.61. The molecule has 0 spiro atoms. The summed E-state index contributed by atoms with van der Waals surface area (Å²) in [5.41, 5.74) is 0. The lowest BCUT2D eigenvalue weighted by Gasteiger charge is -2.10. The highest BCUT2D eigenvalue weighted by molar-refractivity contribution is 7.89. The largest absolute Gasteiger partial charge is 0.495 e. The van der Waals surface area contributed by atoms with Crippen LogP contribution in [0, 0.1) is 12.3 Å². The van der Waals surface area contributed by atoms with Crippen molar-refractivity contribution in [2.75, 3.05) is 7.11 Å². The van der Waals surface area contributed by atoms with Gasteiger partial charge in [0.05, 0.1) is 23.1 Å². The van der Waals surface area contributed by atoms with Gasteiger partial charge in [0.2, 0.25) is 10.0 Å². The Labute approximate surface area is 106 Å². The first-order chi connectivity index (χ1) is 7.90. The van der Waals surface area contributed by atoms with Gasteiger partial charge in [-0.2, -0.15) is 4.72 Å². The van der Waals surface area contributed by atoms with Crippen LogP contribution < -0.4 is 9.46 Å². The predicted octanol–water partition coefficient (Wildman–Crippen LogP) is 1.65. The van der Waals surface area contributed by atoms with Gasteiger partial charge in [-0.1, -0.05) is 17.5 Å². The Morgan fingerprint density at radius 2 is 2.18 bits per heavy atom. The second-order valence-electron chi connectivity index (χ2n) is 3.31. The van der Waals surface area contributed by atoms with Crippen molar-refractivity contribution in [2.24, 2.45) is 0 Å². The molecule has 4 nitrogen and oxygen atoms in total. The van der Waals surface area contributed by atoms with Crippen LogP contribution in [0.1, 0.15) is 6.92 Å². The Bertz CT molecular complexity index is 548. The maximum absolute atomic E-state index is 11.8. The third kappa shape index (κ3) is 3.37. The second-order valence-corrected chi connectivity index (χ2v) is 5.43. The SMILES string of the molecule is C#CC(C)NS(=O)(=O)c1ccc(OC)c(Cl)c1. The molecule has 0 fully saturated rings. The number of methoxy groups -OCH3 is 1. The van der Waals surface area contributed by atoms with Crippen molar-refractivity contribution < 1.29 is 13.2 Å². The van der Waals surface area contributed by atoms with Crippen LogP contribution >= 0.6 is 11.6 Å². The van der Waals surface area contributed by atoms with Crippen LogP contribution in [0.5, 0.6) is 5.75 Å². The molecule has 0 saturated heterocycles. The van der Waals surface area contributed by atoms with Crippen LogP contribution in [0.3, 0.4) is 0 Å². The van der Waals surface area contributed by atoms with Crippen molar-refractivity contribution >= 4 is 21.6 Å². The van der Waals surface area contributed by atoms with Gasteiger partial charge in [0.15, 0.2) is 0 Å². The van der Waals surface area contributed by atoms with Gasteiger partial charge in [-0.25, -0.2) is 8.42 Å². The first-order valence-corrected chi connectivity index (χ1v) is 6.59. The summed E-state index contributed by atoms with van der Waals surface area (Å²) in [7, 11) is -2.20. The number of benzene rings is 1. The Morgan fingerprint density at radius 3 is 2.65 bits per heavy atom. The highest BCUT2D eigenvalue weighted by atomic mass is 35.5. The van der Waals surface area contributed by atoms with Crippen molar-refractivity contribution in [3.8, 4) is 18.1 Å². The molecule has 92 valence electrons. The minimum Gasteiger partial charge on any atom is -0.495 e. The number of ether oxygens (including phenoxy) is 1. The van der Waals surface area contributed by atoms with Gasteiger partial charge in [-0.05, 0) is 25.1 Å². The molecule has 0 aliphatic rings. The van der Waals surface area contributed by atoms with Gasteiger partial charge < -0.3 is 4.74 Å². The zero-order chi connectivity index (χ0) is 13.1. The van der Waals surface area contributed by atoms with E-state index in [4.69, 9.17) is 22.8 Å². The van der Waals surface area contributed by atoms with Crippen LogP contribution in [0.2, 0.25) is 5.02 Å². The molecule has 1 aromatic rings. The van der Waals surface area contributed by atoms with E-state index >= 15 is 0 Å². The molecule has 1 atom stereocenters. The number of hydrogen-bond donors (Lipinski definition) is 1. The second kappa shape index (κ2) is 5.41. The molecular formula is C11H12ClNO3S. The molecule has 17 heavy (non-hydrogen) atoms. The average molecular weight is 274 g/mol. The van der Waals surface area contributed by atoms with E-state index in [1.807, 2.05) is 0 Å². The van der Waals surface area contributed by atoms with Gasteiger partial charge in [0, 0.05) is 0 Å². The zero-order valence-corrected chi connectivity index (χ0v) is 11.0. The van der Waals surface area contributed by atoms with E-state index in [0.29, 0.717) is 5.75 Å². The maximum Gasteiger partial charge on any atom is 0.241 e. The summed E-state index contributed by atoms with van der Waals surface area (Å²) in [5, 5.41) is 0.226. The third-order valence-electron chi connectivity index (χ3n) is 2.02. The van der Waals surface area contributed by atoms with E-state index in [1.165, 1.54) is 25.3 Å². The molecule has 6 heteroatoms. The van der Waals surface area contributed by atoms with Gasteiger partial charge in [-0.15, -0.1) is 6.42 Å². The van der Waals surface area contributed by atoms with Gasteiger partial charge in [-0.3, -0.25) is 0 Å². The predicted molar refractivity (Wildman–Crippen MR) is 66.6 cm³/mol. The lowest BCUT2D eigenvalue weighted by molar-refractivity contribution is 0.414. The molecule has 1 rings (SSSR count). The topological polar surface area (TPSA) is 55.4 Å². The first kappa shape index (κ1) is 13.8. The van der Waals surface area contributed by atoms with Crippen molar-refractivity contribution in [1.29, 1.82) is 0 Å². The summed E-state index contributed by atoms with van der Waals surface area (Å²) in [6.45, 7) is 1.57. The Kier molecular flexibility index (Phi) is 4.40. The number of terminal acetylenes is 1. The summed E-state index contributed by atoms with van der Waals surface area (Å²) in [6.07, 6.45) is 5.11. The maximum atomic E-state index is 11.8.